The molecule has 0 unspecified atom stereocenters. The Balaban J connectivity index is 1.84. The molecule has 2 aromatic rings. The quantitative estimate of drug-likeness (QED) is 0.527. The van der Waals surface area contributed by atoms with Crippen molar-refractivity contribution in [2.24, 2.45) is 5.16 Å². The molecule has 0 bridgehead atoms. The minimum absolute atomic E-state index is 0.933. The molecule has 0 saturated carbocycles. The molecule has 0 fully saturated rings. The lowest BCUT2D eigenvalue weighted by atomic mass is 9.98. The molecule has 2 aromatic heterocycles. The molecule has 0 aliphatic heterocycles. The number of pyridine rings is 1. The van der Waals surface area contributed by atoms with Crippen LogP contribution in [-0.4, -0.2) is 16.4 Å². The maximum absolute atomic E-state index is 8.59. The van der Waals surface area contributed by atoms with Crippen LogP contribution in [0.3, 0.4) is 0 Å². The van der Waals surface area contributed by atoms with Crippen molar-refractivity contribution < 1.29 is 5.21 Å². The highest BCUT2D eigenvalue weighted by molar-refractivity contribution is 7.13. The van der Waals surface area contributed by atoms with E-state index in [1.807, 2.05) is 23.6 Å². The summed E-state index contributed by atoms with van der Waals surface area (Å²) >= 11 is 1.81. The van der Waals surface area contributed by atoms with Crippen molar-refractivity contribution in [2.45, 2.75) is 19.3 Å². The van der Waals surface area contributed by atoms with Gasteiger partial charge < -0.3 is 5.21 Å². The minimum atomic E-state index is 0.933. The second-order valence-corrected chi connectivity index (χ2v) is 5.77. The number of aromatic nitrogens is 1. The summed E-state index contributed by atoms with van der Waals surface area (Å²) in [7, 11) is 0. The largest absolute Gasteiger partial charge is 0.411 e. The lowest BCUT2D eigenvalue weighted by Gasteiger charge is -2.07. The molecular weight excluding hydrogens is 256 g/mol. The predicted molar refractivity (Wildman–Crippen MR) is 77.9 cm³/mol. The van der Waals surface area contributed by atoms with E-state index in [0.717, 1.165) is 24.8 Å². The summed E-state index contributed by atoms with van der Waals surface area (Å²) in [6.45, 7) is 0. The third-order valence-electron chi connectivity index (χ3n) is 3.22. The number of rotatable bonds is 3. The molecule has 3 rings (SSSR count). The van der Waals surface area contributed by atoms with E-state index >= 15 is 0 Å². The first-order chi connectivity index (χ1) is 9.35. The van der Waals surface area contributed by atoms with Gasteiger partial charge in [0, 0.05) is 28.6 Å². The number of thiophene rings is 1. The first-order valence-electron chi connectivity index (χ1n) is 6.23. The van der Waals surface area contributed by atoms with E-state index in [1.165, 1.54) is 27.1 Å². The Bertz CT molecular complexity index is 629. The zero-order valence-electron chi connectivity index (χ0n) is 10.4. The van der Waals surface area contributed by atoms with Crippen molar-refractivity contribution in [1.82, 2.24) is 4.98 Å². The topological polar surface area (TPSA) is 45.5 Å². The summed E-state index contributed by atoms with van der Waals surface area (Å²) in [6.07, 6.45) is 10.3. The van der Waals surface area contributed by atoms with Gasteiger partial charge in [0.05, 0.1) is 6.21 Å². The molecule has 3 nitrogen and oxygen atoms in total. The smallest absolute Gasteiger partial charge is 0.0694 e. The molecule has 0 aromatic carbocycles. The molecule has 0 radical (unpaired) electrons. The van der Waals surface area contributed by atoms with Gasteiger partial charge in [0.25, 0.3) is 0 Å². The van der Waals surface area contributed by atoms with Crippen molar-refractivity contribution >= 4 is 23.6 Å². The third-order valence-corrected chi connectivity index (χ3v) is 4.34. The summed E-state index contributed by atoms with van der Waals surface area (Å²) in [5.41, 5.74) is 3.73. The summed E-state index contributed by atoms with van der Waals surface area (Å²) in [5.74, 6) is 0. The van der Waals surface area contributed by atoms with Gasteiger partial charge >= 0.3 is 0 Å². The van der Waals surface area contributed by atoms with Gasteiger partial charge in [-0.05, 0) is 47.8 Å². The van der Waals surface area contributed by atoms with Gasteiger partial charge in [-0.25, -0.2) is 0 Å². The first-order valence-corrected chi connectivity index (χ1v) is 7.05. The van der Waals surface area contributed by atoms with E-state index in [-0.39, 0.29) is 0 Å². The summed E-state index contributed by atoms with van der Waals surface area (Å²) in [4.78, 5) is 6.80. The SMILES string of the molecule is ON=CC1=Cc2sc(Cc3cccnc3)cc2CC1. The van der Waals surface area contributed by atoms with Crippen molar-refractivity contribution in [2.75, 3.05) is 0 Å². The maximum Gasteiger partial charge on any atom is 0.0694 e. The highest BCUT2D eigenvalue weighted by Crippen LogP contribution is 2.31. The van der Waals surface area contributed by atoms with E-state index in [2.05, 4.69) is 28.3 Å². The van der Waals surface area contributed by atoms with Crippen molar-refractivity contribution in [3.8, 4) is 0 Å². The number of hydrogen-bond acceptors (Lipinski definition) is 4. The molecule has 0 saturated heterocycles. The van der Waals surface area contributed by atoms with Crippen molar-refractivity contribution in [3.63, 3.8) is 0 Å². The fourth-order valence-electron chi connectivity index (χ4n) is 2.31. The Hall–Kier alpha value is -1.94. The monoisotopic (exact) mass is 270 g/mol. The van der Waals surface area contributed by atoms with Crippen LogP contribution in [0.4, 0.5) is 0 Å². The fraction of sp³-hybridized carbons (Fsp3) is 0.200. The third kappa shape index (κ3) is 2.74. The molecule has 1 N–H and O–H groups in total. The molecule has 1 aliphatic carbocycles. The second-order valence-electron chi connectivity index (χ2n) is 4.60. The predicted octanol–water partition coefficient (Wildman–Crippen LogP) is 3.52. The summed E-state index contributed by atoms with van der Waals surface area (Å²) < 4.78 is 0. The maximum atomic E-state index is 8.59. The van der Waals surface area contributed by atoms with E-state index in [9.17, 15) is 0 Å². The molecule has 2 heterocycles. The average Bonchev–Trinajstić information content (AvgIpc) is 2.82. The van der Waals surface area contributed by atoms with Gasteiger partial charge in [0.15, 0.2) is 0 Å². The van der Waals surface area contributed by atoms with Crippen LogP contribution in [0.1, 0.15) is 27.3 Å². The molecule has 1 aliphatic rings. The highest BCUT2D eigenvalue weighted by Gasteiger charge is 2.13. The number of oxime groups is 1. The molecule has 0 atom stereocenters. The van der Waals surface area contributed by atoms with E-state index < -0.39 is 0 Å². The van der Waals surface area contributed by atoms with E-state index in [1.54, 1.807) is 6.20 Å². The summed E-state index contributed by atoms with van der Waals surface area (Å²) in [5, 5.41) is 11.7. The molecule has 0 amide bonds. The van der Waals surface area contributed by atoms with Crippen LogP contribution in [0.15, 0.2) is 41.3 Å². The van der Waals surface area contributed by atoms with Gasteiger partial charge in [-0.3, -0.25) is 4.98 Å². The number of nitrogens with zero attached hydrogens (tertiary/aromatic N) is 2. The van der Waals surface area contributed by atoms with Crippen LogP contribution in [-0.2, 0) is 12.8 Å². The second kappa shape index (κ2) is 5.36. The Morgan fingerprint density at radius 2 is 2.37 bits per heavy atom. The van der Waals surface area contributed by atoms with Gasteiger partial charge in [0.2, 0.25) is 0 Å². The Morgan fingerprint density at radius 1 is 1.42 bits per heavy atom. The number of allylic oxidation sites excluding steroid dienone is 1. The van der Waals surface area contributed by atoms with Gasteiger partial charge in [-0.15, -0.1) is 11.3 Å². The molecular formula is C15H14N2OS. The van der Waals surface area contributed by atoms with Crippen LogP contribution in [0.2, 0.25) is 0 Å². The molecule has 0 spiro atoms. The van der Waals surface area contributed by atoms with Crippen molar-refractivity contribution in [3.05, 3.63) is 57.0 Å². The lowest BCUT2D eigenvalue weighted by Crippen LogP contribution is -1.96. The van der Waals surface area contributed by atoms with Gasteiger partial charge in [-0.2, -0.15) is 0 Å². The molecule has 19 heavy (non-hydrogen) atoms. The zero-order chi connectivity index (χ0) is 13.1. The molecule has 96 valence electrons. The van der Waals surface area contributed by atoms with Crippen LogP contribution in [0.5, 0.6) is 0 Å². The van der Waals surface area contributed by atoms with E-state index in [0.29, 0.717) is 0 Å². The van der Waals surface area contributed by atoms with E-state index in [4.69, 9.17) is 5.21 Å². The lowest BCUT2D eigenvalue weighted by molar-refractivity contribution is 0.321. The number of fused-ring (bicyclic) bond motifs is 1. The minimum Gasteiger partial charge on any atom is -0.411 e. The first kappa shape index (κ1) is 12.1. The van der Waals surface area contributed by atoms with Crippen LogP contribution in [0.25, 0.3) is 6.08 Å². The fourth-order valence-corrected chi connectivity index (χ4v) is 3.53. The average molecular weight is 270 g/mol. The Labute approximate surface area is 115 Å². The zero-order valence-corrected chi connectivity index (χ0v) is 11.2. The Morgan fingerprint density at radius 3 is 3.16 bits per heavy atom. The van der Waals surface area contributed by atoms with Crippen LogP contribution < -0.4 is 0 Å². The van der Waals surface area contributed by atoms with Crippen molar-refractivity contribution in [1.29, 1.82) is 0 Å². The standard InChI is InChI=1S/C15H14N2OS/c18-17-10-12-3-4-13-8-14(19-15(13)7-12)6-11-2-1-5-16-9-11/h1-2,5,7-10,18H,3-4,6H2. The van der Waals surface area contributed by atoms with Crippen LogP contribution in [0, 0.1) is 0 Å². The Kier molecular flexibility index (Phi) is 3.42. The van der Waals surface area contributed by atoms with Gasteiger partial charge in [-0.1, -0.05) is 11.2 Å². The normalized spacial score (nSPS) is 14.4. The summed E-state index contributed by atoms with van der Waals surface area (Å²) in [6, 6.07) is 6.36. The molecule has 4 heteroatoms. The number of hydrogen-bond donors (Lipinski definition) is 1. The highest BCUT2D eigenvalue weighted by atomic mass is 32.1. The van der Waals surface area contributed by atoms with Gasteiger partial charge in [0.1, 0.15) is 0 Å². The van der Waals surface area contributed by atoms with Crippen LogP contribution >= 0.6 is 11.3 Å². The number of aryl methyl sites for hydroxylation is 1.